The molecule has 1 rings (SSSR count). The molecule has 0 spiro atoms. The van der Waals surface area contributed by atoms with Gasteiger partial charge in [0.15, 0.2) is 0 Å². The summed E-state index contributed by atoms with van der Waals surface area (Å²) in [6.45, 7) is 6.38. The number of nitro groups is 1. The number of nitriles is 1. The van der Waals surface area contributed by atoms with Gasteiger partial charge >= 0.3 is 0 Å². The number of nitrogens with one attached hydrogen (secondary N) is 1. The van der Waals surface area contributed by atoms with Gasteiger partial charge < -0.3 is 5.32 Å². The number of benzene rings is 1. The van der Waals surface area contributed by atoms with Crippen molar-refractivity contribution in [3.8, 4) is 6.07 Å². The number of hydrogen-bond acceptors (Lipinski definition) is 4. The molecule has 0 saturated carbocycles. The van der Waals surface area contributed by atoms with Gasteiger partial charge in [0.1, 0.15) is 11.6 Å². The Bertz CT molecular complexity index is 492. The van der Waals surface area contributed by atoms with Crippen molar-refractivity contribution in [1.29, 1.82) is 5.26 Å². The Morgan fingerprint density at radius 2 is 2.05 bits per heavy atom. The van der Waals surface area contributed by atoms with E-state index in [1.54, 1.807) is 6.07 Å². The van der Waals surface area contributed by atoms with E-state index in [-0.39, 0.29) is 17.3 Å². The Kier molecular flexibility index (Phi) is 5.31. The molecule has 0 bridgehead atoms. The molecule has 1 unspecified atom stereocenters. The Balaban J connectivity index is 2.77. The molecule has 0 heterocycles. The summed E-state index contributed by atoms with van der Waals surface area (Å²) < 4.78 is 0. The first-order valence-corrected chi connectivity index (χ1v) is 6.39. The molecule has 0 saturated heterocycles. The first kappa shape index (κ1) is 15.0. The van der Waals surface area contributed by atoms with Crippen LogP contribution in [0.4, 0.5) is 11.4 Å². The van der Waals surface area contributed by atoms with Gasteiger partial charge in [-0.1, -0.05) is 13.8 Å². The molecule has 0 aliphatic heterocycles. The molecule has 5 heteroatoms. The van der Waals surface area contributed by atoms with Crippen LogP contribution in [0.1, 0.15) is 39.2 Å². The van der Waals surface area contributed by atoms with E-state index >= 15 is 0 Å². The number of anilines is 1. The molecule has 0 radical (unpaired) electrons. The highest BCUT2D eigenvalue weighted by Crippen LogP contribution is 2.23. The summed E-state index contributed by atoms with van der Waals surface area (Å²) in [6.07, 6.45) is 2.11. The Morgan fingerprint density at radius 1 is 1.37 bits per heavy atom. The normalized spacial score (nSPS) is 11.9. The summed E-state index contributed by atoms with van der Waals surface area (Å²) in [7, 11) is 0. The smallest absolute Gasteiger partial charge is 0.289 e. The lowest BCUT2D eigenvalue weighted by Gasteiger charge is -2.16. The predicted octanol–water partition coefficient (Wildman–Crippen LogP) is 3.70. The Hall–Kier alpha value is -2.09. The van der Waals surface area contributed by atoms with E-state index in [9.17, 15) is 10.1 Å². The molecule has 0 fully saturated rings. The van der Waals surface area contributed by atoms with Crippen LogP contribution >= 0.6 is 0 Å². The Labute approximate surface area is 113 Å². The molecule has 1 aromatic rings. The minimum absolute atomic E-state index is 0.0883. The van der Waals surface area contributed by atoms with Gasteiger partial charge in [-0.25, -0.2) is 0 Å². The van der Waals surface area contributed by atoms with Gasteiger partial charge in [0, 0.05) is 17.8 Å². The average Bonchev–Trinajstić information content (AvgIpc) is 2.36. The summed E-state index contributed by atoms with van der Waals surface area (Å²) in [6, 6.07) is 6.68. The van der Waals surface area contributed by atoms with Gasteiger partial charge in [-0.3, -0.25) is 10.1 Å². The molecule has 19 heavy (non-hydrogen) atoms. The summed E-state index contributed by atoms with van der Waals surface area (Å²) in [4.78, 5) is 10.3. The second-order valence-corrected chi connectivity index (χ2v) is 5.12. The third-order valence-electron chi connectivity index (χ3n) is 2.90. The number of nitro benzene ring substituents is 1. The van der Waals surface area contributed by atoms with Gasteiger partial charge in [-0.15, -0.1) is 0 Å². The lowest BCUT2D eigenvalue weighted by molar-refractivity contribution is -0.385. The van der Waals surface area contributed by atoms with E-state index in [1.807, 2.05) is 13.0 Å². The molecule has 0 amide bonds. The van der Waals surface area contributed by atoms with Gasteiger partial charge in [-0.05, 0) is 37.8 Å². The molecule has 0 aromatic heterocycles. The lowest BCUT2D eigenvalue weighted by Crippen LogP contribution is -2.16. The van der Waals surface area contributed by atoms with Crippen molar-refractivity contribution < 1.29 is 4.92 Å². The zero-order valence-corrected chi connectivity index (χ0v) is 11.5. The van der Waals surface area contributed by atoms with Crippen molar-refractivity contribution in [3.63, 3.8) is 0 Å². The van der Waals surface area contributed by atoms with E-state index in [2.05, 4.69) is 19.2 Å². The summed E-state index contributed by atoms with van der Waals surface area (Å²) >= 11 is 0. The molecule has 5 nitrogen and oxygen atoms in total. The fourth-order valence-electron chi connectivity index (χ4n) is 1.81. The molecular weight excluding hydrogens is 242 g/mol. The second kappa shape index (κ2) is 6.74. The van der Waals surface area contributed by atoms with Crippen LogP contribution in [-0.2, 0) is 0 Å². The number of hydrogen-bond donors (Lipinski definition) is 1. The third kappa shape index (κ3) is 4.59. The van der Waals surface area contributed by atoms with Gasteiger partial charge in [0.2, 0.25) is 0 Å². The summed E-state index contributed by atoms with van der Waals surface area (Å²) in [5, 5.41) is 22.9. The van der Waals surface area contributed by atoms with Crippen LogP contribution in [0.15, 0.2) is 18.2 Å². The maximum Gasteiger partial charge on any atom is 0.289 e. The van der Waals surface area contributed by atoms with Crippen molar-refractivity contribution in [1.82, 2.24) is 0 Å². The zero-order chi connectivity index (χ0) is 14.4. The molecule has 0 aliphatic carbocycles. The van der Waals surface area contributed by atoms with Crippen LogP contribution in [-0.4, -0.2) is 11.0 Å². The highest BCUT2D eigenvalue weighted by atomic mass is 16.6. The fourth-order valence-corrected chi connectivity index (χ4v) is 1.81. The fraction of sp³-hybridized carbons (Fsp3) is 0.500. The molecule has 1 N–H and O–H groups in total. The van der Waals surface area contributed by atoms with Crippen molar-refractivity contribution >= 4 is 11.4 Å². The molecule has 102 valence electrons. The molecular formula is C14H19N3O2. The van der Waals surface area contributed by atoms with E-state index in [0.717, 1.165) is 12.8 Å². The first-order chi connectivity index (χ1) is 8.93. The highest BCUT2D eigenvalue weighted by molar-refractivity contribution is 5.59. The van der Waals surface area contributed by atoms with Crippen LogP contribution in [0.5, 0.6) is 0 Å². The average molecular weight is 261 g/mol. The predicted molar refractivity (Wildman–Crippen MR) is 75.0 cm³/mol. The Morgan fingerprint density at radius 3 is 2.58 bits per heavy atom. The van der Waals surface area contributed by atoms with Crippen LogP contribution < -0.4 is 5.32 Å². The largest absolute Gasteiger partial charge is 0.382 e. The maximum atomic E-state index is 10.9. The minimum Gasteiger partial charge on any atom is -0.382 e. The van der Waals surface area contributed by atoms with E-state index in [4.69, 9.17) is 5.26 Å². The minimum atomic E-state index is -0.525. The van der Waals surface area contributed by atoms with Crippen LogP contribution in [0, 0.1) is 27.4 Å². The monoisotopic (exact) mass is 261 g/mol. The van der Waals surface area contributed by atoms with E-state index in [0.29, 0.717) is 11.6 Å². The second-order valence-electron chi connectivity index (χ2n) is 5.12. The van der Waals surface area contributed by atoms with Gasteiger partial charge in [-0.2, -0.15) is 5.26 Å². The van der Waals surface area contributed by atoms with Crippen LogP contribution in [0.2, 0.25) is 0 Å². The number of nitrogens with zero attached hydrogens (tertiary/aromatic N) is 2. The van der Waals surface area contributed by atoms with Crippen LogP contribution in [0.25, 0.3) is 0 Å². The molecule has 1 atom stereocenters. The lowest BCUT2D eigenvalue weighted by atomic mass is 10.0. The third-order valence-corrected chi connectivity index (χ3v) is 2.90. The van der Waals surface area contributed by atoms with Crippen molar-refractivity contribution in [2.45, 2.75) is 39.7 Å². The molecule has 1 aromatic carbocycles. The van der Waals surface area contributed by atoms with Crippen LogP contribution in [0.3, 0.4) is 0 Å². The van der Waals surface area contributed by atoms with E-state index < -0.39 is 4.92 Å². The van der Waals surface area contributed by atoms with Crippen molar-refractivity contribution in [2.75, 3.05) is 5.32 Å². The SMILES string of the molecule is CC(C)CCC(C)Nc1ccc(C#N)c([N+](=O)[O-])c1. The van der Waals surface area contributed by atoms with Gasteiger partial charge in [0.25, 0.3) is 5.69 Å². The molecule has 0 aliphatic rings. The topological polar surface area (TPSA) is 79.0 Å². The quantitative estimate of drug-likeness (QED) is 0.625. The summed E-state index contributed by atoms with van der Waals surface area (Å²) in [5.41, 5.74) is 0.621. The maximum absolute atomic E-state index is 10.9. The highest BCUT2D eigenvalue weighted by Gasteiger charge is 2.15. The van der Waals surface area contributed by atoms with Crippen molar-refractivity contribution in [3.05, 3.63) is 33.9 Å². The van der Waals surface area contributed by atoms with Crippen molar-refractivity contribution in [2.24, 2.45) is 5.92 Å². The number of rotatable bonds is 6. The first-order valence-electron chi connectivity index (χ1n) is 6.39. The standard InChI is InChI=1S/C14H19N3O2/c1-10(2)4-5-11(3)16-13-7-6-12(9-15)14(8-13)17(18)19/h6-8,10-11,16H,4-5H2,1-3H3. The van der Waals surface area contributed by atoms with E-state index in [1.165, 1.54) is 12.1 Å². The van der Waals surface area contributed by atoms with Gasteiger partial charge in [0.05, 0.1) is 4.92 Å². The zero-order valence-electron chi connectivity index (χ0n) is 11.5. The summed E-state index contributed by atoms with van der Waals surface area (Å²) in [5.74, 6) is 0.638.